The predicted octanol–water partition coefficient (Wildman–Crippen LogP) is 3.92. The Morgan fingerprint density at radius 1 is 1.06 bits per heavy atom. The van der Waals surface area contributed by atoms with Crippen LogP contribution in [-0.4, -0.2) is 6.04 Å². The van der Waals surface area contributed by atoms with Crippen LogP contribution in [0.25, 0.3) is 0 Å². The van der Waals surface area contributed by atoms with Gasteiger partial charge in [0.05, 0.1) is 0 Å². The quantitative estimate of drug-likeness (QED) is 0.769. The van der Waals surface area contributed by atoms with Crippen molar-refractivity contribution in [1.29, 1.82) is 0 Å². The van der Waals surface area contributed by atoms with E-state index < -0.39 is 0 Å². The molecule has 0 bridgehead atoms. The molecule has 1 aromatic rings. The molecule has 1 saturated heterocycles. The summed E-state index contributed by atoms with van der Waals surface area (Å²) < 4.78 is 0. The minimum Gasteiger partial charge on any atom is -0.307 e. The first-order chi connectivity index (χ1) is 8.34. The summed E-state index contributed by atoms with van der Waals surface area (Å²) in [5, 5.41) is 3.83. The van der Waals surface area contributed by atoms with Crippen LogP contribution in [0.5, 0.6) is 0 Å². The molecule has 1 aliphatic heterocycles. The summed E-state index contributed by atoms with van der Waals surface area (Å²) in [6.07, 6.45) is 7.15. The number of benzene rings is 1. The van der Waals surface area contributed by atoms with E-state index in [1.807, 2.05) is 0 Å². The highest BCUT2D eigenvalue weighted by Gasteiger charge is 2.36. The molecule has 4 atom stereocenters. The van der Waals surface area contributed by atoms with Crippen LogP contribution in [0, 0.1) is 11.8 Å². The number of fused-ring (bicyclic) bond motifs is 1. The maximum absolute atomic E-state index is 3.83. The van der Waals surface area contributed by atoms with Crippen molar-refractivity contribution < 1.29 is 0 Å². The normalized spacial score (nSPS) is 37.5. The van der Waals surface area contributed by atoms with Crippen molar-refractivity contribution >= 4 is 0 Å². The monoisotopic (exact) mass is 229 g/mol. The van der Waals surface area contributed by atoms with Gasteiger partial charge in [0, 0.05) is 12.1 Å². The first kappa shape index (κ1) is 11.3. The van der Waals surface area contributed by atoms with Gasteiger partial charge in [-0.3, -0.25) is 0 Å². The fourth-order valence-corrected chi connectivity index (χ4v) is 3.92. The highest BCUT2D eigenvalue weighted by molar-refractivity contribution is 5.20. The van der Waals surface area contributed by atoms with Gasteiger partial charge in [0.15, 0.2) is 0 Å². The Bertz CT molecular complexity index is 359. The van der Waals surface area contributed by atoms with E-state index >= 15 is 0 Å². The van der Waals surface area contributed by atoms with Gasteiger partial charge in [-0.1, -0.05) is 49.6 Å². The molecule has 1 N–H and O–H groups in total. The second kappa shape index (κ2) is 4.81. The van der Waals surface area contributed by atoms with E-state index in [4.69, 9.17) is 0 Å². The van der Waals surface area contributed by atoms with Crippen LogP contribution >= 0.6 is 0 Å². The maximum atomic E-state index is 3.83. The van der Waals surface area contributed by atoms with Crippen LogP contribution in [0.4, 0.5) is 0 Å². The second-order valence-electron chi connectivity index (χ2n) is 5.86. The molecule has 1 heteroatoms. The van der Waals surface area contributed by atoms with E-state index in [2.05, 4.69) is 42.6 Å². The third kappa shape index (κ3) is 2.26. The molecular formula is C16H23N. The molecule has 1 nitrogen and oxygen atoms in total. The van der Waals surface area contributed by atoms with Gasteiger partial charge in [-0.25, -0.2) is 0 Å². The zero-order valence-electron chi connectivity index (χ0n) is 10.7. The second-order valence-corrected chi connectivity index (χ2v) is 5.86. The van der Waals surface area contributed by atoms with Crippen molar-refractivity contribution in [3.63, 3.8) is 0 Å². The van der Waals surface area contributed by atoms with E-state index in [1.54, 1.807) is 0 Å². The minimum absolute atomic E-state index is 0.588. The van der Waals surface area contributed by atoms with E-state index in [9.17, 15) is 0 Å². The molecule has 92 valence electrons. The van der Waals surface area contributed by atoms with Crippen molar-refractivity contribution in [2.75, 3.05) is 0 Å². The fourth-order valence-electron chi connectivity index (χ4n) is 3.92. The minimum atomic E-state index is 0.588. The summed E-state index contributed by atoms with van der Waals surface area (Å²) >= 11 is 0. The number of piperidine rings is 1. The number of rotatable bonds is 1. The van der Waals surface area contributed by atoms with Gasteiger partial charge in [-0.15, -0.1) is 0 Å². The van der Waals surface area contributed by atoms with E-state index in [-0.39, 0.29) is 0 Å². The summed E-state index contributed by atoms with van der Waals surface area (Å²) in [5.41, 5.74) is 1.48. The van der Waals surface area contributed by atoms with Crippen LogP contribution in [0.1, 0.15) is 50.6 Å². The standard InChI is InChI=1S/C16H23N/c1-12-15-10-6-5-9-14(15)11-16(17-12)13-7-3-2-4-8-13/h2-4,7-8,12,14-17H,5-6,9-11H2,1H3/t12-,14?,15?,16+/m1/s1. The van der Waals surface area contributed by atoms with Crippen LogP contribution in [0.15, 0.2) is 30.3 Å². The van der Waals surface area contributed by atoms with Crippen molar-refractivity contribution in [2.24, 2.45) is 11.8 Å². The first-order valence-electron chi connectivity index (χ1n) is 7.15. The molecule has 2 aliphatic rings. The van der Waals surface area contributed by atoms with E-state index in [0.717, 1.165) is 11.8 Å². The molecule has 1 heterocycles. The smallest absolute Gasteiger partial charge is 0.0325 e. The summed E-state index contributed by atoms with van der Waals surface area (Å²) in [6, 6.07) is 12.3. The van der Waals surface area contributed by atoms with Gasteiger partial charge in [0.25, 0.3) is 0 Å². The topological polar surface area (TPSA) is 12.0 Å². The summed E-state index contributed by atoms with van der Waals surface area (Å²) in [4.78, 5) is 0. The third-order valence-electron chi connectivity index (χ3n) is 4.81. The number of hydrogen-bond acceptors (Lipinski definition) is 1. The Balaban J connectivity index is 1.77. The fraction of sp³-hybridized carbons (Fsp3) is 0.625. The average Bonchev–Trinajstić information content (AvgIpc) is 2.40. The lowest BCUT2D eigenvalue weighted by Crippen LogP contribution is -2.47. The average molecular weight is 229 g/mol. The Hall–Kier alpha value is -0.820. The van der Waals surface area contributed by atoms with Gasteiger partial charge in [-0.05, 0) is 37.2 Å². The zero-order chi connectivity index (χ0) is 11.7. The maximum Gasteiger partial charge on any atom is 0.0325 e. The van der Waals surface area contributed by atoms with Crippen LogP contribution in [0.3, 0.4) is 0 Å². The predicted molar refractivity (Wildman–Crippen MR) is 71.8 cm³/mol. The molecule has 0 amide bonds. The van der Waals surface area contributed by atoms with Crippen LogP contribution in [-0.2, 0) is 0 Å². The van der Waals surface area contributed by atoms with E-state index in [1.165, 1.54) is 37.7 Å². The molecule has 0 spiro atoms. The Kier molecular flexibility index (Phi) is 3.19. The van der Waals surface area contributed by atoms with Crippen molar-refractivity contribution in [1.82, 2.24) is 5.32 Å². The van der Waals surface area contributed by atoms with Crippen molar-refractivity contribution in [3.8, 4) is 0 Å². The SMILES string of the molecule is C[C@H]1N[C@H](c2ccccc2)CC2CCCCC21. The van der Waals surface area contributed by atoms with Gasteiger partial charge in [0.1, 0.15) is 0 Å². The summed E-state index contributed by atoms with van der Waals surface area (Å²) in [6.45, 7) is 2.39. The highest BCUT2D eigenvalue weighted by atomic mass is 15.0. The molecule has 0 radical (unpaired) electrons. The molecule has 1 saturated carbocycles. The molecule has 17 heavy (non-hydrogen) atoms. The molecule has 0 aromatic heterocycles. The molecule has 1 aliphatic carbocycles. The molecule has 1 aromatic carbocycles. The van der Waals surface area contributed by atoms with Gasteiger partial charge >= 0.3 is 0 Å². The largest absolute Gasteiger partial charge is 0.307 e. The van der Waals surface area contributed by atoms with E-state index in [0.29, 0.717) is 12.1 Å². The Morgan fingerprint density at radius 2 is 1.82 bits per heavy atom. The number of hydrogen-bond donors (Lipinski definition) is 1. The molecule has 3 rings (SSSR count). The van der Waals surface area contributed by atoms with Gasteiger partial charge < -0.3 is 5.32 Å². The summed E-state index contributed by atoms with van der Waals surface area (Å²) in [5.74, 6) is 1.90. The zero-order valence-corrected chi connectivity index (χ0v) is 10.7. The molecule has 2 fully saturated rings. The highest BCUT2D eigenvalue weighted by Crippen LogP contribution is 2.41. The summed E-state index contributed by atoms with van der Waals surface area (Å²) in [7, 11) is 0. The van der Waals surface area contributed by atoms with Crippen molar-refractivity contribution in [3.05, 3.63) is 35.9 Å². The van der Waals surface area contributed by atoms with Gasteiger partial charge in [0.2, 0.25) is 0 Å². The lowest BCUT2D eigenvalue weighted by molar-refractivity contribution is 0.112. The molecule has 2 unspecified atom stereocenters. The number of nitrogens with one attached hydrogen (secondary N) is 1. The molecular weight excluding hydrogens is 206 g/mol. The first-order valence-corrected chi connectivity index (χ1v) is 7.15. The van der Waals surface area contributed by atoms with Gasteiger partial charge in [-0.2, -0.15) is 0 Å². The van der Waals surface area contributed by atoms with Crippen LogP contribution < -0.4 is 5.32 Å². The van der Waals surface area contributed by atoms with Crippen LogP contribution in [0.2, 0.25) is 0 Å². The van der Waals surface area contributed by atoms with Crippen molar-refractivity contribution in [2.45, 2.75) is 51.1 Å². The third-order valence-corrected chi connectivity index (χ3v) is 4.81. The Morgan fingerprint density at radius 3 is 2.65 bits per heavy atom. The lowest BCUT2D eigenvalue weighted by Gasteiger charge is -2.44. The lowest BCUT2D eigenvalue weighted by atomic mass is 9.69. The Labute approximate surface area is 105 Å².